The van der Waals surface area contributed by atoms with E-state index < -0.39 is 0 Å². The molecule has 0 bridgehead atoms. The van der Waals surface area contributed by atoms with Gasteiger partial charge in [-0.1, -0.05) is 103 Å². The zero-order chi connectivity index (χ0) is 34.9. The Labute approximate surface area is 295 Å². The summed E-state index contributed by atoms with van der Waals surface area (Å²) in [5, 5.41) is 42.8. The molecule has 0 aliphatic rings. The van der Waals surface area contributed by atoms with E-state index in [1.54, 1.807) is 36.4 Å². The highest BCUT2D eigenvalue weighted by Gasteiger charge is 2.24. The molecule has 0 saturated carbocycles. The summed E-state index contributed by atoms with van der Waals surface area (Å²) >= 11 is 0. The van der Waals surface area contributed by atoms with Crippen LogP contribution in [0.5, 0.6) is 0 Å². The van der Waals surface area contributed by atoms with Gasteiger partial charge in [0.25, 0.3) is 0 Å². The molecule has 8 aromatic rings. The zero-order valence-corrected chi connectivity index (χ0v) is 27.2. The van der Waals surface area contributed by atoms with Crippen LogP contribution < -0.4 is 0 Å². The van der Waals surface area contributed by atoms with E-state index in [-0.39, 0.29) is 0 Å². The largest absolute Gasteiger partial charge is 0.309 e. The van der Waals surface area contributed by atoms with Crippen LogP contribution in [0, 0.1) is 45.3 Å². The summed E-state index contributed by atoms with van der Waals surface area (Å²) < 4.78 is 2.19. The Morgan fingerprint density at radius 2 is 0.843 bits per heavy atom. The van der Waals surface area contributed by atoms with Crippen LogP contribution in [0.2, 0.25) is 0 Å². The van der Waals surface area contributed by atoms with E-state index in [1.165, 1.54) is 0 Å². The molecule has 0 N–H and O–H groups in total. The van der Waals surface area contributed by atoms with E-state index in [4.69, 9.17) is 0 Å². The van der Waals surface area contributed by atoms with Gasteiger partial charge in [0, 0.05) is 33.2 Å². The minimum Gasteiger partial charge on any atom is -0.309 e. The Morgan fingerprint density at radius 3 is 1.35 bits per heavy atom. The van der Waals surface area contributed by atoms with Crippen LogP contribution in [0.25, 0.3) is 72.0 Å². The number of para-hydroxylation sites is 1. The first-order chi connectivity index (χ1) is 25.1. The number of fused-ring (bicyclic) bond motifs is 3. The average Bonchev–Trinajstić information content (AvgIpc) is 3.55. The average molecular weight is 648 g/mol. The quantitative estimate of drug-likeness (QED) is 0.185. The van der Waals surface area contributed by atoms with E-state index >= 15 is 0 Å². The summed E-state index contributed by atoms with van der Waals surface area (Å²) in [6.45, 7) is 0. The highest BCUT2D eigenvalue weighted by Crippen LogP contribution is 2.45. The van der Waals surface area contributed by atoms with Crippen LogP contribution in [0.3, 0.4) is 0 Å². The molecule has 0 aliphatic carbocycles. The zero-order valence-electron chi connectivity index (χ0n) is 27.2. The van der Waals surface area contributed by atoms with Crippen LogP contribution in [-0.2, 0) is 0 Å². The lowest BCUT2D eigenvalue weighted by molar-refractivity contribution is 1.18. The second-order valence-electron chi connectivity index (χ2n) is 12.1. The third kappa shape index (κ3) is 5.08. The standard InChI is InChI=1S/C46H25N5/c47-26-32-15-7-16-33(27-48)43(32)39-19-10-22-42-45(39)41-21-9-20-40(44-34(28-49)17-8-18-35(44)29-50)46(41)51(42)38-24-36(30-11-3-1-4-12-30)23-37(25-38)31-13-5-2-6-14-31/h1-25H. The maximum absolute atomic E-state index is 10.3. The topological polar surface area (TPSA) is 100 Å². The van der Waals surface area contributed by atoms with Crippen molar-refractivity contribution in [3.05, 3.63) is 174 Å². The van der Waals surface area contributed by atoms with Crippen molar-refractivity contribution < 1.29 is 0 Å². The number of aromatic nitrogens is 1. The first kappa shape index (κ1) is 30.6. The number of rotatable bonds is 5. The lowest BCUT2D eigenvalue weighted by Crippen LogP contribution is -1.99. The van der Waals surface area contributed by atoms with Gasteiger partial charge in [-0.05, 0) is 76.3 Å². The van der Waals surface area contributed by atoms with E-state index in [1.807, 2.05) is 72.8 Å². The van der Waals surface area contributed by atoms with Gasteiger partial charge in [0.15, 0.2) is 0 Å². The summed E-state index contributed by atoms with van der Waals surface area (Å²) in [6, 6.07) is 58.5. The summed E-state index contributed by atoms with van der Waals surface area (Å²) in [6.07, 6.45) is 0. The van der Waals surface area contributed by atoms with Gasteiger partial charge >= 0.3 is 0 Å². The smallest absolute Gasteiger partial charge is 0.0998 e. The van der Waals surface area contributed by atoms with E-state index in [0.29, 0.717) is 33.4 Å². The van der Waals surface area contributed by atoms with Crippen LogP contribution >= 0.6 is 0 Å². The molecule has 0 saturated heterocycles. The molecule has 0 aliphatic heterocycles. The molecular weight excluding hydrogens is 623 g/mol. The summed E-state index contributed by atoms with van der Waals surface area (Å²) in [5.74, 6) is 0. The molecule has 0 atom stereocenters. The van der Waals surface area contributed by atoms with Crippen molar-refractivity contribution in [3.63, 3.8) is 0 Å². The highest BCUT2D eigenvalue weighted by molar-refractivity contribution is 6.20. The normalized spacial score (nSPS) is 10.7. The summed E-state index contributed by atoms with van der Waals surface area (Å²) in [7, 11) is 0. The fourth-order valence-electron chi connectivity index (χ4n) is 7.19. The third-order valence-electron chi connectivity index (χ3n) is 9.35. The predicted octanol–water partition coefficient (Wildman–Crippen LogP) is 10.9. The summed E-state index contributed by atoms with van der Waals surface area (Å²) in [4.78, 5) is 0. The van der Waals surface area contributed by atoms with Crippen LogP contribution in [0.1, 0.15) is 22.3 Å². The number of benzene rings is 7. The van der Waals surface area contributed by atoms with Crippen molar-refractivity contribution in [2.75, 3.05) is 0 Å². The van der Waals surface area contributed by atoms with Gasteiger partial charge in [0.05, 0.1) is 57.6 Å². The molecule has 0 unspecified atom stereocenters. The number of nitrogens with zero attached hydrogens (tertiary/aromatic N) is 5. The van der Waals surface area contributed by atoms with Crippen molar-refractivity contribution in [1.82, 2.24) is 4.57 Å². The lowest BCUT2D eigenvalue weighted by atomic mass is 9.90. The van der Waals surface area contributed by atoms with Crippen LogP contribution in [0.4, 0.5) is 0 Å². The maximum atomic E-state index is 10.3. The Kier molecular flexibility index (Phi) is 7.64. The molecule has 0 amide bonds. The van der Waals surface area contributed by atoms with Crippen molar-refractivity contribution in [2.24, 2.45) is 0 Å². The summed E-state index contributed by atoms with van der Waals surface area (Å²) in [5.41, 5.74) is 10.9. The van der Waals surface area contributed by atoms with E-state index in [2.05, 4.69) is 71.3 Å². The molecule has 7 aromatic carbocycles. The fraction of sp³-hybridized carbons (Fsp3) is 0. The van der Waals surface area contributed by atoms with Crippen molar-refractivity contribution in [3.8, 4) is 74.5 Å². The SMILES string of the molecule is N#Cc1cccc(C#N)c1-c1cccc2c1c1cccc(-c3c(C#N)cccc3C#N)c1n2-c1cc(-c2ccccc2)cc(-c2ccccc2)c1. The number of nitriles is 4. The monoisotopic (exact) mass is 647 g/mol. The fourth-order valence-corrected chi connectivity index (χ4v) is 7.19. The van der Waals surface area contributed by atoms with Crippen LogP contribution in [-0.4, -0.2) is 4.57 Å². The number of hydrogen-bond donors (Lipinski definition) is 0. The highest BCUT2D eigenvalue weighted by atomic mass is 15.0. The number of hydrogen-bond acceptors (Lipinski definition) is 4. The second kappa shape index (κ2) is 12.7. The molecule has 1 aromatic heterocycles. The van der Waals surface area contributed by atoms with Gasteiger partial charge in [-0.15, -0.1) is 0 Å². The molecule has 0 fully saturated rings. The molecule has 234 valence electrons. The van der Waals surface area contributed by atoms with Gasteiger partial charge in [-0.25, -0.2) is 0 Å². The predicted molar refractivity (Wildman–Crippen MR) is 201 cm³/mol. The minimum atomic E-state index is 0.392. The first-order valence-electron chi connectivity index (χ1n) is 16.3. The van der Waals surface area contributed by atoms with Crippen molar-refractivity contribution in [2.45, 2.75) is 0 Å². The van der Waals surface area contributed by atoms with Gasteiger partial charge in [-0.3, -0.25) is 0 Å². The molecule has 1 heterocycles. The van der Waals surface area contributed by atoms with Gasteiger partial charge in [0.2, 0.25) is 0 Å². The molecule has 51 heavy (non-hydrogen) atoms. The molecule has 5 nitrogen and oxygen atoms in total. The molecular formula is C46H25N5. The van der Waals surface area contributed by atoms with Gasteiger partial charge in [-0.2, -0.15) is 21.0 Å². The first-order valence-corrected chi connectivity index (χ1v) is 16.3. The second-order valence-corrected chi connectivity index (χ2v) is 12.1. The lowest BCUT2D eigenvalue weighted by Gasteiger charge is -2.16. The van der Waals surface area contributed by atoms with Gasteiger partial charge in [0.1, 0.15) is 0 Å². The third-order valence-corrected chi connectivity index (χ3v) is 9.35. The molecule has 5 heteroatoms. The van der Waals surface area contributed by atoms with Crippen LogP contribution in [0.15, 0.2) is 152 Å². The van der Waals surface area contributed by atoms with Crippen molar-refractivity contribution >= 4 is 21.8 Å². The maximum Gasteiger partial charge on any atom is 0.0998 e. The van der Waals surface area contributed by atoms with Crippen molar-refractivity contribution in [1.29, 1.82) is 21.0 Å². The van der Waals surface area contributed by atoms with E-state index in [9.17, 15) is 21.0 Å². The Hall–Kier alpha value is -7.70. The van der Waals surface area contributed by atoms with Gasteiger partial charge < -0.3 is 4.57 Å². The van der Waals surface area contributed by atoms with E-state index in [0.717, 1.165) is 60.9 Å². The molecule has 0 radical (unpaired) electrons. The molecule has 8 rings (SSSR count). The Bertz CT molecular complexity index is 2710. The minimum absolute atomic E-state index is 0.392. The Balaban J connectivity index is 1.59. The Morgan fingerprint density at radius 1 is 0.392 bits per heavy atom. The molecule has 0 spiro atoms.